The highest BCUT2D eigenvalue weighted by Crippen LogP contribution is 2.37. The Morgan fingerprint density at radius 3 is 2.38 bits per heavy atom. The molecule has 0 radical (unpaired) electrons. The number of benzene rings is 1. The number of carbonyl (C=O) groups is 2. The molecule has 1 aromatic carbocycles. The van der Waals surface area contributed by atoms with Crippen molar-refractivity contribution in [3.05, 3.63) is 64.8 Å². The van der Waals surface area contributed by atoms with E-state index in [0.717, 1.165) is 5.56 Å². The molecule has 6 nitrogen and oxygen atoms in total. The zero-order valence-electron chi connectivity index (χ0n) is 14.2. The summed E-state index contributed by atoms with van der Waals surface area (Å²) in [5, 5.41) is 9.13. The number of hydrogen-bond donors (Lipinski definition) is 1. The lowest BCUT2D eigenvalue weighted by Gasteiger charge is -2.15. The summed E-state index contributed by atoms with van der Waals surface area (Å²) in [5.74, 6) is 0.342. The normalized spacial score (nSPS) is 14.3. The lowest BCUT2D eigenvalue weighted by atomic mass is 10.1. The van der Waals surface area contributed by atoms with Crippen LogP contribution in [0.25, 0.3) is 5.57 Å². The molecule has 0 aliphatic carbocycles. The van der Waals surface area contributed by atoms with Crippen molar-refractivity contribution in [2.45, 2.75) is 6.54 Å². The van der Waals surface area contributed by atoms with Crippen molar-refractivity contribution >= 4 is 29.1 Å². The van der Waals surface area contributed by atoms with Crippen LogP contribution in [0.1, 0.15) is 11.1 Å². The van der Waals surface area contributed by atoms with Crippen molar-refractivity contribution < 1.29 is 19.4 Å². The number of aliphatic hydroxyl groups excluding tert-OH is 1. The highest BCUT2D eigenvalue weighted by molar-refractivity contribution is 8.04. The van der Waals surface area contributed by atoms with Gasteiger partial charge in [0.25, 0.3) is 11.8 Å². The highest BCUT2D eigenvalue weighted by atomic mass is 32.2. The van der Waals surface area contributed by atoms with Gasteiger partial charge in [-0.1, -0.05) is 12.1 Å². The molecular weight excluding hydrogens is 352 g/mol. The number of pyridine rings is 1. The fraction of sp³-hybridized carbons (Fsp3) is 0.211. The first-order valence-corrected chi connectivity index (χ1v) is 9.01. The number of thioether (sulfide) groups is 1. The second-order valence-electron chi connectivity index (χ2n) is 5.56. The van der Waals surface area contributed by atoms with Gasteiger partial charge >= 0.3 is 0 Å². The monoisotopic (exact) mass is 370 g/mol. The number of nitrogens with zero attached hydrogens (tertiary/aromatic N) is 2. The Kier molecular flexibility index (Phi) is 5.70. The molecule has 0 atom stereocenters. The Morgan fingerprint density at radius 2 is 1.77 bits per heavy atom. The SMILES string of the molecule is COc1ccc(C2=C(SCCO)C(=O)N(Cc3ccncc3)C2=O)cc1. The minimum Gasteiger partial charge on any atom is -0.497 e. The van der Waals surface area contributed by atoms with Crippen molar-refractivity contribution in [2.24, 2.45) is 0 Å². The van der Waals surface area contributed by atoms with E-state index in [1.165, 1.54) is 16.7 Å². The molecule has 2 amide bonds. The Bertz CT molecular complexity index is 834. The Labute approximate surface area is 155 Å². The molecule has 7 heteroatoms. The molecule has 0 fully saturated rings. The number of amides is 2. The zero-order chi connectivity index (χ0) is 18.5. The summed E-state index contributed by atoms with van der Waals surface area (Å²) in [7, 11) is 1.57. The van der Waals surface area contributed by atoms with Gasteiger partial charge in [0.15, 0.2) is 0 Å². The van der Waals surface area contributed by atoms with Crippen LogP contribution in [0.5, 0.6) is 5.75 Å². The fourth-order valence-corrected chi connectivity index (χ4v) is 3.54. The lowest BCUT2D eigenvalue weighted by Crippen LogP contribution is -2.31. The summed E-state index contributed by atoms with van der Waals surface area (Å²) in [4.78, 5) is 31.4. The molecule has 0 unspecified atom stereocenters. The molecule has 0 saturated heterocycles. The number of ether oxygens (including phenoxy) is 1. The summed E-state index contributed by atoms with van der Waals surface area (Å²) in [6.07, 6.45) is 3.25. The number of aromatic nitrogens is 1. The first-order valence-electron chi connectivity index (χ1n) is 8.03. The van der Waals surface area contributed by atoms with Gasteiger partial charge in [0, 0.05) is 18.1 Å². The van der Waals surface area contributed by atoms with E-state index in [0.29, 0.717) is 27.5 Å². The van der Waals surface area contributed by atoms with Crippen molar-refractivity contribution in [2.75, 3.05) is 19.5 Å². The predicted octanol–water partition coefficient (Wildman–Crippen LogP) is 2.10. The van der Waals surface area contributed by atoms with Gasteiger partial charge in [-0.3, -0.25) is 19.5 Å². The Balaban J connectivity index is 1.95. The van der Waals surface area contributed by atoms with Crippen molar-refractivity contribution in [1.82, 2.24) is 9.88 Å². The van der Waals surface area contributed by atoms with Gasteiger partial charge in [-0.15, -0.1) is 11.8 Å². The lowest BCUT2D eigenvalue weighted by molar-refractivity contribution is -0.137. The number of imide groups is 1. The van der Waals surface area contributed by atoms with E-state index in [2.05, 4.69) is 4.98 Å². The quantitative estimate of drug-likeness (QED) is 0.752. The first kappa shape index (κ1) is 18.2. The average Bonchev–Trinajstić information content (AvgIpc) is 2.91. The van der Waals surface area contributed by atoms with E-state index < -0.39 is 0 Å². The van der Waals surface area contributed by atoms with Crippen molar-refractivity contribution in [1.29, 1.82) is 0 Å². The van der Waals surface area contributed by atoms with E-state index in [9.17, 15) is 9.59 Å². The minimum atomic E-state index is -0.337. The van der Waals surface area contributed by atoms with E-state index in [1.54, 1.807) is 55.9 Å². The van der Waals surface area contributed by atoms with E-state index in [4.69, 9.17) is 9.84 Å². The Morgan fingerprint density at radius 1 is 1.08 bits per heavy atom. The van der Waals surface area contributed by atoms with Crippen LogP contribution in [0, 0.1) is 0 Å². The largest absolute Gasteiger partial charge is 0.497 e. The van der Waals surface area contributed by atoms with Crippen molar-refractivity contribution in [3.63, 3.8) is 0 Å². The third-order valence-corrected chi connectivity index (χ3v) is 4.99. The summed E-state index contributed by atoms with van der Waals surface area (Å²) >= 11 is 1.20. The zero-order valence-corrected chi connectivity index (χ0v) is 15.0. The molecular formula is C19H18N2O4S. The van der Waals surface area contributed by atoms with E-state index in [1.807, 2.05) is 0 Å². The standard InChI is InChI=1S/C19H18N2O4S/c1-25-15-4-2-14(3-5-15)16-17(26-11-10-22)19(24)21(18(16)23)12-13-6-8-20-9-7-13/h2-9,22H,10-12H2,1H3. The molecule has 2 heterocycles. The maximum atomic E-state index is 13.0. The third kappa shape index (κ3) is 3.63. The fourth-order valence-electron chi connectivity index (χ4n) is 2.66. The number of carbonyl (C=O) groups excluding carboxylic acids is 2. The predicted molar refractivity (Wildman–Crippen MR) is 99.3 cm³/mol. The third-order valence-electron chi connectivity index (χ3n) is 3.93. The Hall–Kier alpha value is -2.64. The van der Waals surface area contributed by atoms with Crippen LogP contribution in [-0.2, 0) is 16.1 Å². The van der Waals surface area contributed by atoms with Crippen molar-refractivity contribution in [3.8, 4) is 5.75 Å². The van der Waals surface area contributed by atoms with E-state index >= 15 is 0 Å². The van der Waals surface area contributed by atoms with Crippen LogP contribution in [0.2, 0.25) is 0 Å². The maximum absolute atomic E-state index is 13.0. The molecule has 1 aromatic heterocycles. The molecule has 1 aliphatic rings. The van der Waals surface area contributed by atoms with Gasteiger partial charge in [-0.25, -0.2) is 0 Å². The molecule has 2 aromatic rings. The summed E-state index contributed by atoms with van der Waals surface area (Å²) < 4.78 is 5.15. The summed E-state index contributed by atoms with van der Waals surface area (Å²) in [6, 6.07) is 10.6. The number of methoxy groups -OCH3 is 1. The molecule has 134 valence electrons. The van der Waals surface area contributed by atoms with Crippen LogP contribution >= 0.6 is 11.8 Å². The number of rotatable bonds is 7. The van der Waals surface area contributed by atoms with Gasteiger partial charge in [-0.2, -0.15) is 0 Å². The topological polar surface area (TPSA) is 79.7 Å². The van der Waals surface area contributed by atoms with Gasteiger partial charge in [0.1, 0.15) is 5.75 Å². The molecule has 26 heavy (non-hydrogen) atoms. The van der Waals surface area contributed by atoms with Gasteiger partial charge < -0.3 is 9.84 Å². The first-order chi connectivity index (χ1) is 12.7. The second-order valence-corrected chi connectivity index (χ2v) is 6.66. The maximum Gasteiger partial charge on any atom is 0.268 e. The summed E-state index contributed by atoms with van der Waals surface area (Å²) in [5.41, 5.74) is 1.84. The van der Waals surface area contributed by atoms with Gasteiger partial charge in [0.2, 0.25) is 0 Å². The molecule has 0 bridgehead atoms. The molecule has 0 spiro atoms. The molecule has 3 rings (SSSR count). The van der Waals surface area contributed by atoms with Crippen LogP contribution < -0.4 is 4.74 Å². The number of aliphatic hydroxyl groups is 1. The number of hydrogen-bond acceptors (Lipinski definition) is 6. The molecule has 1 N–H and O–H groups in total. The molecule has 0 saturated carbocycles. The van der Waals surface area contributed by atoms with Crippen LogP contribution in [0.3, 0.4) is 0 Å². The minimum absolute atomic E-state index is 0.0735. The van der Waals surface area contributed by atoms with Crippen LogP contribution in [0.4, 0.5) is 0 Å². The van der Waals surface area contributed by atoms with Gasteiger partial charge in [0.05, 0.1) is 30.7 Å². The van der Waals surface area contributed by atoms with Gasteiger partial charge in [-0.05, 0) is 35.4 Å². The summed E-state index contributed by atoms with van der Waals surface area (Å²) in [6.45, 7) is 0.110. The molecule has 1 aliphatic heterocycles. The smallest absolute Gasteiger partial charge is 0.268 e. The second kappa shape index (κ2) is 8.16. The van der Waals surface area contributed by atoms with Crippen LogP contribution in [-0.4, -0.2) is 46.3 Å². The highest BCUT2D eigenvalue weighted by Gasteiger charge is 2.39. The van der Waals surface area contributed by atoms with Crippen LogP contribution in [0.15, 0.2) is 53.7 Å². The average molecular weight is 370 g/mol. The van der Waals surface area contributed by atoms with E-state index in [-0.39, 0.29) is 25.0 Å².